The minimum absolute atomic E-state index is 0.270. The smallest absolute Gasteiger partial charge is 0.121 e. The molecule has 1 aliphatic rings. The topological polar surface area (TPSA) is 21.3 Å². The Labute approximate surface area is 127 Å². The van der Waals surface area contributed by atoms with E-state index in [1.807, 2.05) is 17.8 Å². The number of nitrogens with one attached hydrogen (secondary N) is 1. The predicted molar refractivity (Wildman–Crippen MR) is 90.0 cm³/mol. The molecule has 1 aliphatic heterocycles. The molecular weight excluding hydrogens is 266 g/mol. The predicted octanol–water partition coefficient (Wildman–Crippen LogP) is 4.81. The molecule has 1 fully saturated rings. The summed E-state index contributed by atoms with van der Waals surface area (Å²) in [6.45, 7) is 8.99. The zero-order valence-corrected chi connectivity index (χ0v) is 13.9. The maximum atomic E-state index is 5.90. The zero-order chi connectivity index (χ0) is 14.6. The van der Waals surface area contributed by atoms with Crippen LogP contribution in [0.2, 0.25) is 0 Å². The van der Waals surface area contributed by atoms with Crippen LogP contribution in [0.1, 0.15) is 40.5 Å². The lowest BCUT2D eigenvalue weighted by atomic mass is 9.82. The van der Waals surface area contributed by atoms with Gasteiger partial charge in [0.2, 0.25) is 0 Å². The Bertz CT molecular complexity index is 433. The third-order valence-corrected chi connectivity index (χ3v) is 5.27. The molecule has 0 aliphatic carbocycles. The van der Waals surface area contributed by atoms with E-state index in [4.69, 9.17) is 4.74 Å². The fourth-order valence-electron chi connectivity index (χ4n) is 2.35. The van der Waals surface area contributed by atoms with Crippen molar-refractivity contribution in [3.8, 4) is 5.75 Å². The largest absolute Gasteiger partial charge is 0.491 e. The van der Waals surface area contributed by atoms with Crippen LogP contribution >= 0.6 is 11.8 Å². The summed E-state index contributed by atoms with van der Waals surface area (Å²) in [4.78, 5) is 0. The first-order valence-corrected chi connectivity index (χ1v) is 8.78. The number of ether oxygens (including phenoxy) is 1. The van der Waals surface area contributed by atoms with E-state index in [2.05, 4.69) is 51.2 Å². The van der Waals surface area contributed by atoms with Gasteiger partial charge in [0, 0.05) is 23.5 Å². The molecule has 3 heteroatoms. The van der Waals surface area contributed by atoms with E-state index in [0.717, 1.165) is 12.2 Å². The highest BCUT2D eigenvalue weighted by molar-refractivity contribution is 7.99. The van der Waals surface area contributed by atoms with Gasteiger partial charge in [-0.2, -0.15) is 11.8 Å². The highest BCUT2D eigenvalue weighted by Crippen LogP contribution is 2.36. The summed E-state index contributed by atoms with van der Waals surface area (Å²) in [5, 5.41) is 3.70. The third-order valence-electron chi connectivity index (χ3n) is 4.21. The van der Waals surface area contributed by atoms with E-state index in [1.165, 1.54) is 23.6 Å². The Hall–Kier alpha value is -0.830. The Morgan fingerprint density at radius 3 is 2.95 bits per heavy atom. The number of anilines is 1. The SMILES string of the molecule is CCC(C)Oc1cccc(NC2CSCCC2(C)C)c1. The molecule has 0 spiro atoms. The molecule has 1 saturated heterocycles. The van der Waals surface area contributed by atoms with E-state index < -0.39 is 0 Å². The summed E-state index contributed by atoms with van der Waals surface area (Å²) >= 11 is 2.05. The van der Waals surface area contributed by atoms with Crippen LogP contribution in [0, 0.1) is 5.41 Å². The van der Waals surface area contributed by atoms with Crippen molar-refractivity contribution in [1.29, 1.82) is 0 Å². The molecule has 0 saturated carbocycles. The molecule has 1 heterocycles. The lowest BCUT2D eigenvalue weighted by Crippen LogP contribution is -2.41. The van der Waals surface area contributed by atoms with Crippen molar-refractivity contribution in [2.75, 3.05) is 16.8 Å². The molecule has 2 nitrogen and oxygen atoms in total. The standard InChI is InChI=1S/C17H27NOS/c1-5-13(2)19-15-8-6-7-14(11-15)18-16-12-20-10-9-17(16,3)4/h6-8,11,13,16,18H,5,9-10,12H2,1-4H3. The van der Waals surface area contributed by atoms with Gasteiger partial charge in [-0.05, 0) is 43.1 Å². The third kappa shape index (κ3) is 4.08. The average molecular weight is 293 g/mol. The lowest BCUT2D eigenvalue weighted by Gasteiger charge is -2.39. The molecule has 2 rings (SSSR count). The van der Waals surface area contributed by atoms with Crippen molar-refractivity contribution in [2.45, 2.75) is 52.7 Å². The maximum absolute atomic E-state index is 5.90. The first kappa shape index (κ1) is 15.6. The summed E-state index contributed by atoms with van der Waals surface area (Å²) < 4.78 is 5.90. The summed E-state index contributed by atoms with van der Waals surface area (Å²) in [5.41, 5.74) is 1.53. The number of thioether (sulfide) groups is 1. The van der Waals surface area contributed by atoms with Crippen LogP contribution in [-0.2, 0) is 0 Å². The van der Waals surface area contributed by atoms with E-state index in [0.29, 0.717) is 11.5 Å². The number of hydrogen-bond donors (Lipinski definition) is 1. The van der Waals surface area contributed by atoms with Crippen molar-refractivity contribution in [1.82, 2.24) is 0 Å². The van der Waals surface area contributed by atoms with E-state index in [-0.39, 0.29) is 6.10 Å². The second-order valence-electron chi connectivity index (χ2n) is 6.37. The molecule has 2 atom stereocenters. The van der Waals surface area contributed by atoms with Crippen LogP contribution in [0.4, 0.5) is 5.69 Å². The normalized spacial score (nSPS) is 23.1. The molecule has 0 radical (unpaired) electrons. The van der Waals surface area contributed by atoms with Crippen molar-refractivity contribution in [3.05, 3.63) is 24.3 Å². The quantitative estimate of drug-likeness (QED) is 0.842. The molecule has 1 aromatic rings. The van der Waals surface area contributed by atoms with Gasteiger partial charge in [-0.1, -0.05) is 26.8 Å². The number of rotatable bonds is 5. The Morgan fingerprint density at radius 1 is 1.45 bits per heavy atom. The van der Waals surface area contributed by atoms with Crippen LogP contribution in [0.3, 0.4) is 0 Å². The van der Waals surface area contributed by atoms with Crippen molar-refractivity contribution in [3.63, 3.8) is 0 Å². The van der Waals surface area contributed by atoms with Gasteiger partial charge in [0.1, 0.15) is 5.75 Å². The summed E-state index contributed by atoms with van der Waals surface area (Å²) in [7, 11) is 0. The average Bonchev–Trinajstić information content (AvgIpc) is 2.41. The van der Waals surface area contributed by atoms with E-state index in [1.54, 1.807) is 0 Å². The molecular formula is C17H27NOS. The van der Waals surface area contributed by atoms with Gasteiger partial charge in [0.25, 0.3) is 0 Å². The second kappa shape index (κ2) is 6.75. The van der Waals surface area contributed by atoms with Crippen LogP contribution in [0.25, 0.3) is 0 Å². The van der Waals surface area contributed by atoms with Gasteiger partial charge in [-0.3, -0.25) is 0 Å². The summed E-state index contributed by atoms with van der Waals surface area (Å²) in [6.07, 6.45) is 2.58. The minimum Gasteiger partial charge on any atom is -0.491 e. The van der Waals surface area contributed by atoms with Gasteiger partial charge in [-0.25, -0.2) is 0 Å². The van der Waals surface area contributed by atoms with Crippen LogP contribution < -0.4 is 10.1 Å². The van der Waals surface area contributed by atoms with Gasteiger partial charge >= 0.3 is 0 Å². The minimum atomic E-state index is 0.270. The van der Waals surface area contributed by atoms with Crippen molar-refractivity contribution < 1.29 is 4.74 Å². The molecule has 0 bridgehead atoms. The highest BCUT2D eigenvalue weighted by Gasteiger charge is 2.32. The van der Waals surface area contributed by atoms with Gasteiger partial charge in [0.15, 0.2) is 0 Å². The molecule has 112 valence electrons. The Balaban J connectivity index is 2.03. The fraction of sp³-hybridized carbons (Fsp3) is 0.647. The lowest BCUT2D eigenvalue weighted by molar-refractivity contribution is 0.217. The molecule has 1 N–H and O–H groups in total. The fourth-order valence-corrected chi connectivity index (χ4v) is 3.96. The van der Waals surface area contributed by atoms with Crippen LogP contribution in [0.15, 0.2) is 24.3 Å². The Kier molecular flexibility index (Phi) is 5.25. The summed E-state index contributed by atoms with van der Waals surface area (Å²) in [6, 6.07) is 8.90. The van der Waals surface area contributed by atoms with Gasteiger partial charge in [0.05, 0.1) is 6.10 Å². The summed E-state index contributed by atoms with van der Waals surface area (Å²) in [5.74, 6) is 3.43. The van der Waals surface area contributed by atoms with Gasteiger partial charge in [-0.15, -0.1) is 0 Å². The Morgan fingerprint density at radius 2 is 2.25 bits per heavy atom. The molecule has 2 unspecified atom stereocenters. The first-order valence-electron chi connectivity index (χ1n) is 7.62. The molecule has 20 heavy (non-hydrogen) atoms. The van der Waals surface area contributed by atoms with Crippen LogP contribution in [0.5, 0.6) is 5.75 Å². The zero-order valence-electron chi connectivity index (χ0n) is 13.1. The molecule has 1 aromatic carbocycles. The van der Waals surface area contributed by atoms with Crippen LogP contribution in [-0.4, -0.2) is 23.7 Å². The van der Waals surface area contributed by atoms with Crippen molar-refractivity contribution >= 4 is 17.4 Å². The van der Waals surface area contributed by atoms with E-state index in [9.17, 15) is 0 Å². The first-order chi connectivity index (χ1) is 9.51. The molecule has 0 aromatic heterocycles. The van der Waals surface area contributed by atoms with E-state index >= 15 is 0 Å². The monoisotopic (exact) mass is 293 g/mol. The van der Waals surface area contributed by atoms with Gasteiger partial charge < -0.3 is 10.1 Å². The highest BCUT2D eigenvalue weighted by atomic mass is 32.2. The maximum Gasteiger partial charge on any atom is 0.121 e. The molecule has 0 amide bonds. The number of benzene rings is 1. The van der Waals surface area contributed by atoms with Crippen molar-refractivity contribution in [2.24, 2.45) is 5.41 Å². The number of hydrogen-bond acceptors (Lipinski definition) is 3. The second-order valence-corrected chi connectivity index (χ2v) is 7.52.